The van der Waals surface area contributed by atoms with Gasteiger partial charge in [0.2, 0.25) is 9.70 Å². The number of alkyl halides is 3. The minimum Gasteiger partial charge on any atom is -0.339 e. The second kappa shape index (κ2) is 11.7. The Kier molecular flexibility index (Phi) is 8.91. The first-order valence-electron chi connectivity index (χ1n) is 10.4. The number of nitro groups is 1. The first-order valence-corrected chi connectivity index (χ1v) is 11.9. The zero-order valence-corrected chi connectivity index (χ0v) is 21.5. The van der Waals surface area contributed by atoms with Crippen LogP contribution in [0.2, 0.25) is 0 Å². The Morgan fingerprint density at radius 2 is 1.49 bits per heavy atom. The summed E-state index contributed by atoms with van der Waals surface area (Å²) in [7, 11) is 0. The zero-order valence-electron chi connectivity index (χ0n) is 18.4. The lowest BCUT2D eigenvalue weighted by molar-refractivity contribution is -0.385. The minimum absolute atomic E-state index is 0.00394. The topological polar surface area (TPSA) is 96.3 Å². The van der Waals surface area contributed by atoms with Crippen molar-refractivity contribution in [2.45, 2.75) is 22.8 Å². The molecule has 0 aliphatic carbocycles. The summed E-state index contributed by atoms with van der Waals surface area (Å²) in [4.78, 5) is 24.2. The SMILES string of the molecule is Cc1ccc(NC(=S)NC(NC(=O)C(c2ccccc2)c2ccccc2)C(Cl)(Cl)Cl)cc1[N+](=O)[O-]. The molecule has 3 rings (SSSR count). The summed E-state index contributed by atoms with van der Waals surface area (Å²) in [5.74, 6) is -1.09. The van der Waals surface area contributed by atoms with E-state index in [0.29, 0.717) is 11.3 Å². The van der Waals surface area contributed by atoms with E-state index in [-0.39, 0.29) is 10.8 Å². The molecule has 3 N–H and O–H groups in total. The van der Waals surface area contributed by atoms with Crippen molar-refractivity contribution in [1.29, 1.82) is 0 Å². The molecule has 0 radical (unpaired) electrons. The quantitative estimate of drug-likeness (QED) is 0.112. The highest BCUT2D eigenvalue weighted by Crippen LogP contribution is 2.31. The number of hydrogen-bond donors (Lipinski definition) is 3. The number of aryl methyl sites for hydroxylation is 1. The summed E-state index contributed by atoms with van der Waals surface area (Å²) in [6.07, 6.45) is -1.21. The van der Waals surface area contributed by atoms with Crippen LogP contribution in [0.3, 0.4) is 0 Å². The van der Waals surface area contributed by atoms with Crippen molar-refractivity contribution in [3.8, 4) is 0 Å². The first-order chi connectivity index (χ1) is 16.6. The molecule has 0 spiro atoms. The number of carbonyl (C=O) groups is 1. The molecular weight excluding hydrogens is 531 g/mol. The molecule has 0 aromatic heterocycles. The molecule has 1 unspecified atom stereocenters. The van der Waals surface area contributed by atoms with Crippen molar-refractivity contribution in [1.82, 2.24) is 10.6 Å². The molecule has 0 saturated heterocycles. The molecular formula is C24H21Cl3N4O3S. The highest BCUT2D eigenvalue weighted by Gasteiger charge is 2.36. The van der Waals surface area contributed by atoms with Gasteiger partial charge in [-0.05, 0) is 36.3 Å². The van der Waals surface area contributed by atoms with Gasteiger partial charge in [-0.3, -0.25) is 14.9 Å². The molecule has 35 heavy (non-hydrogen) atoms. The fourth-order valence-electron chi connectivity index (χ4n) is 3.39. The Hall–Kier alpha value is -2.91. The average molecular weight is 552 g/mol. The van der Waals surface area contributed by atoms with E-state index in [4.69, 9.17) is 47.0 Å². The van der Waals surface area contributed by atoms with Crippen molar-refractivity contribution in [3.63, 3.8) is 0 Å². The second-order valence-corrected chi connectivity index (χ2v) is 10.4. The number of thiocarbonyl (C=S) groups is 1. The third-order valence-corrected chi connectivity index (χ3v) is 5.96. The lowest BCUT2D eigenvalue weighted by Crippen LogP contribution is -2.57. The highest BCUT2D eigenvalue weighted by molar-refractivity contribution is 7.80. The Bertz CT molecular complexity index is 1170. The summed E-state index contributed by atoms with van der Waals surface area (Å²) < 4.78 is -1.97. The number of nitro benzene ring substituents is 1. The fourth-order valence-corrected chi connectivity index (χ4v) is 3.96. The van der Waals surface area contributed by atoms with Gasteiger partial charge in [-0.15, -0.1) is 0 Å². The van der Waals surface area contributed by atoms with Crippen molar-refractivity contribution in [2.24, 2.45) is 0 Å². The van der Waals surface area contributed by atoms with E-state index in [1.165, 1.54) is 6.07 Å². The molecule has 0 aliphatic rings. The molecule has 3 aromatic carbocycles. The highest BCUT2D eigenvalue weighted by atomic mass is 35.6. The van der Waals surface area contributed by atoms with E-state index >= 15 is 0 Å². The number of nitrogens with one attached hydrogen (secondary N) is 3. The van der Waals surface area contributed by atoms with E-state index in [2.05, 4.69) is 16.0 Å². The molecule has 182 valence electrons. The van der Waals surface area contributed by atoms with Crippen LogP contribution in [0.4, 0.5) is 11.4 Å². The number of anilines is 1. The summed E-state index contributed by atoms with van der Waals surface area (Å²) in [5, 5.41) is 19.5. The third-order valence-electron chi connectivity index (χ3n) is 5.08. The van der Waals surface area contributed by atoms with Gasteiger partial charge in [-0.1, -0.05) is 102 Å². The van der Waals surface area contributed by atoms with Gasteiger partial charge in [-0.2, -0.15) is 0 Å². The molecule has 1 atom stereocenters. The summed E-state index contributed by atoms with van der Waals surface area (Å²) >= 11 is 23.8. The molecule has 0 aliphatic heterocycles. The van der Waals surface area contributed by atoms with Crippen LogP contribution < -0.4 is 16.0 Å². The Labute approximate surface area is 222 Å². The van der Waals surface area contributed by atoms with E-state index in [1.54, 1.807) is 19.1 Å². The first kappa shape index (κ1) is 26.7. The number of carbonyl (C=O) groups excluding carboxylic acids is 1. The standard InChI is InChI=1S/C24H21Cl3N4O3S/c1-15-12-13-18(14-19(15)31(33)34)28-23(35)30-22(24(25,26)27)29-21(32)20(16-8-4-2-5-9-16)17-10-6-3-7-11-17/h2-14,20,22H,1H3,(H,29,32)(H2,28,30,35). The molecule has 0 fully saturated rings. The van der Waals surface area contributed by atoms with E-state index < -0.39 is 26.7 Å². The third kappa shape index (κ3) is 7.29. The van der Waals surface area contributed by atoms with Gasteiger partial charge < -0.3 is 16.0 Å². The largest absolute Gasteiger partial charge is 0.339 e. The molecule has 1 amide bonds. The monoisotopic (exact) mass is 550 g/mol. The summed E-state index contributed by atoms with van der Waals surface area (Å²) in [6, 6.07) is 23.0. The van der Waals surface area contributed by atoms with Crippen LogP contribution in [0, 0.1) is 17.0 Å². The average Bonchev–Trinajstić information content (AvgIpc) is 2.80. The summed E-state index contributed by atoms with van der Waals surface area (Å²) in [6.45, 7) is 1.63. The predicted molar refractivity (Wildman–Crippen MR) is 144 cm³/mol. The number of hydrogen-bond acceptors (Lipinski definition) is 4. The van der Waals surface area contributed by atoms with Gasteiger partial charge in [-0.25, -0.2) is 0 Å². The van der Waals surface area contributed by atoms with Gasteiger partial charge in [0.25, 0.3) is 5.69 Å². The molecule has 11 heteroatoms. The van der Waals surface area contributed by atoms with Gasteiger partial charge in [0.1, 0.15) is 6.17 Å². The number of amides is 1. The summed E-state index contributed by atoms with van der Waals surface area (Å²) in [5.41, 5.74) is 2.30. The maximum atomic E-state index is 13.4. The lowest BCUT2D eigenvalue weighted by Gasteiger charge is -2.29. The van der Waals surface area contributed by atoms with Crippen LogP contribution in [0.15, 0.2) is 78.9 Å². The lowest BCUT2D eigenvalue weighted by atomic mass is 9.90. The van der Waals surface area contributed by atoms with Crippen molar-refractivity contribution in [2.75, 3.05) is 5.32 Å². The van der Waals surface area contributed by atoms with Crippen LogP contribution >= 0.6 is 47.0 Å². The van der Waals surface area contributed by atoms with Crippen molar-refractivity contribution < 1.29 is 9.72 Å². The van der Waals surface area contributed by atoms with Gasteiger partial charge in [0.15, 0.2) is 5.11 Å². The Morgan fingerprint density at radius 3 is 1.97 bits per heavy atom. The fraction of sp³-hybridized carbons (Fsp3) is 0.167. The van der Waals surface area contributed by atoms with Crippen LogP contribution in [-0.2, 0) is 4.79 Å². The maximum absolute atomic E-state index is 13.4. The molecule has 7 nitrogen and oxygen atoms in total. The zero-order chi connectivity index (χ0) is 25.6. The number of nitrogens with zero attached hydrogens (tertiary/aromatic N) is 1. The van der Waals surface area contributed by atoms with Crippen LogP contribution in [0.5, 0.6) is 0 Å². The maximum Gasteiger partial charge on any atom is 0.274 e. The second-order valence-electron chi connectivity index (χ2n) is 7.59. The normalized spacial score (nSPS) is 12.0. The predicted octanol–water partition coefficient (Wildman–Crippen LogP) is 5.83. The van der Waals surface area contributed by atoms with Gasteiger partial charge in [0.05, 0.1) is 10.8 Å². The number of halogens is 3. The Balaban J connectivity index is 1.80. The van der Waals surface area contributed by atoms with E-state index in [0.717, 1.165) is 11.1 Å². The number of benzene rings is 3. The molecule has 3 aromatic rings. The van der Waals surface area contributed by atoms with Crippen molar-refractivity contribution >= 4 is 69.4 Å². The van der Waals surface area contributed by atoms with E-state index in [9.17, 15) is 14.9 Å². The molecule has 0 bridgehead atoms. The Morgan fingerprint density at radius 1 is 0.943 bits per heavy atom. The minimum atomic E-state index is -1.97. The number of rotatable bonds is 7. The van der Waals surface area contributed by atoms with Crippen LogP contribution in [0.1, 0.15) is 22.6 Å². The van der Waals surface area contributed by atoms with Gasteiger partial charge in [0, 0.05) is 17.3 Å². The molecule has 0 heterocycles. The smallest absolute Gasteiger partial charge is 0.274 e. The van der Waals surface area contributed by atoms with Crippen LogP contribution in [0.25, 0.3) is 0 Å². The molecule has 0 saturated carbocycles. The van der Waals surface area contributed by atoms with E-state index in [1.807, 2.05) is 60.7 Å². The van der Waals surface area contributed by atoms with Crippen molar-refractivity contribution in [3.05, 3.63) is 106 Å². The van der Waals surface area contributed by atoms with Gasteiger partial charge >= 0.3 is 0 Å². The van der Waals surface area contributed by atoms with Crippen LogP contribution in [-0.4, -0.2) is 25.9 Å².